The van der Waals surface area contributed by atoms with Crippen molar-refractivity contribution in [1.29, 1.82) is 0 Å². The second-order valence-corrected chi connectivity index (χ2v) is 9.37. The first kappa shape index (κ1) is 15.8. The Morgan fingerprint density at radius 1 is 1.29 bits per heavy atom. The standard InChI is InChI=1S/C15H20BrF2NOS/c1-13(2,3)19-6-4-14(5-7-19)12-10(8-11(16)21-12)15(17,18)9-20-14/h8H,4-7,9H2,1-3H3. The Kier molecular flexibility index (Phi) is 3.76. The van der Waals surface area contributed by atoms with Crippen molar-refractivity contribution in [2.75, 3.05) is 19.7 Å². The number of halogens is 3. The molecule has 118 valence electrons. The summed E-state index contributed by atoms with van der Waals surface area (Å²) >= 11 is 4.76. The molecule has 0 unspecified atom stereocenters. The smallest absolute Gasteiger partial charge is 0.297 e. The lowest BCUT2D eigenvalue weighted by Gasteiger charge is -2.48. The van der Waals surface area contributed by atoms with Gasteiger partial charge in [0.25, 0.3) is 5.92 Å². The van der Waals surface area contributed by atoms with Crippen molar-refractivity contribution in [3.63, 3.8) is 0 Å². The van der Waals surface area contributed by atoms with Gasteiger partial charge in [-0.1, -0.05) is 0 Å². The Labute approximate surface area is 136 Å². The summed E-state index contributed by atoms with van der Waals surface area (Å²) in [5.74, 6) is -2.87. The van der Waals surface area contributed by atoms with E-state index in [0.717, 1.165) is 34.6 Å². The predicted octanol–water partition coefficient (Wildman–Crippen LogP) is 4.72. The number of nitrogens with zero attached hydrogens (tertiary/aromatic N) is 1. The zero-order valence-corrected chi connectivity index (χ0v) is 14.9. The number of hydrogen-bond donors (Lipinski definition) is 0. The molecule has 1 spiro atoms. The quantitative estimate of drug-likeness (QED) is 0.646. The van der Waals surface area contributed by atoms with E-state index in [1.165, 1.54) is 11.3 Å². The number of alkyl halides is 2. The third-order valence-electron chi connectivity index (χ3n) is 4.56. The fraction of sp³-hybridized carbons (Fsp3) is 0.733. The van der Waals surface area contributed by atoms with Gasteiger partial charge < -0.3 is 4.74 Å². The molecule has 0 bridgehead atoms. The first-order valence-electron chi connectivity index (χ1n) is 7.21. The molecule has 3 rings (SSSR count). The molecule has 6 heteroatoms. The Hall–Kier alpha value is -0.0400. The normalized spacial score (nSPS) is 25.0. The zero-order chi connectivity index (χ0) is 15.5. The van der Waals surface area contributed by atoms with Crippen molar-refractivity contribution >= 4 is 27.3 Å². The van der Waals surface area contributed by atoms with Crippen LogP contribution in [0.4, 0.5) is 8.78 Å². The van der Waals surface area contributed by atoms with Crippen LogP contribution in [0.2, 0.25) is 0 Å². The second-order valence-electron chi connectivity index (χ2n) is 6.94. The number of likely N-dealkylation sites (tertiary alicyclic amines) is 1. The summed E-state index contributed by atoms with van der Waals surface area (Å²) in [4.78, 5) is 3.12. The van der Waals surface area contributed by atoms with Gasteiger partial charge in [0.1, 0.15) is 12.2 Å². The topological polar surface area (TPSA) is 12.5 Å². The monoisotopic (exact) mass is 379 g/mol. The van der Waals surface area contributed by atoms with E-state index in [9.17, 15) is 8.78 Å². The van der Waals surface area contributed by atoms with Crippen LogP contribution >= 0.6 is 27.3 Å². The Morgan fingerprint density at radius 2 is 1.90 bits per heavy atom. The van der Waals surface area contributed by atoms with Crippen LogP contribution in [0.25, 0.3) is 0 Å². The molecule has 1 aromatic heterocycles. The van der Waals surface area contributed by atoms with Gasteiger partial charge in [-0.15, -0.1) is 11.3 Å². The van der Waals surface area contributed by atoms with Crippen LogP contribution in [0.15, 0.2) is 9.85 Å². The van der Waals surface area contributed by atoms with Gasteiger partial charge in [0, 0.05) is 29.1 Å². The molecule has 0 radical (unpaired) electrons. The minimum absolute atomic E-state index is 0.110. The largest absolute Gasteiger partial charge is 0.363 e. The number of thiophene rings is 1. The van der Waals surface area contributed by atoms with Gasteiger partial charge in [-0.25, -0.2) is 0 Å². The van der Waals surface area contributed by atoms with E-state index in [2.05, 4.69) is 41.6 Å². The third-order valence-corrected chi connectivity index (χ3v) is 6.38. The lowest BCUT2D eigenvalue weighted by atomic mass is 9.83. The molecule has 1 saturated heterocycles. The van der Waals surface area contributed by atoms with E-state index >= 15 is 0 Å². The molecule has 0 N–H and O–H groups in total. The van der Waals surface area contributed by atoms with Crippen LogP contribution in [0.3, 0.4) is 0 Å². The Bertz CT molecular complexity index is 544. The van der Waals surface area contributed by atoms with Crippen molar-refractivity contribution in [3.05, 3.63) is 20.3 Å². The average Bonchev–Trinajstić information content (AvgIpc) is 2.79. The highest BCUT2D eigenvalue weighted by atomic mass is 79.9. The fourth-order valence-electron chi connectivity index (χ4n) is 3.25. The van der Waals surface area contributed by atoms with Crippen molar-refractivity contribution in [1.82, 2.24) is 4.90 Å². The van der Waals surface area contributed by atoms with E-state index in [4.69, 9.17) is 4.74 Å². The maximum absolute atomic E-state index is 14.1. The Balaban J connectivity index is 1.91. The summed E-state index contributed by atoms with van der Waals surface area (Å²) in [6.45, 7) is 7.82. The molecule has 0 aliphatic carbocycles. The first-order chi connectivity index (χ1) is 9.64. The van der Waals surface area contributed by atoms with E-state index in [1.807, 2.05) is 0 Å². The van der Waals surface area contributed by atoms with Crippen LogP contribution < -0.4 is 0 Å². The van der Waals surface area contributed by atoms with E-state index in [-0.39, 0.29) is 11.1 Å². The molecule has 1 fully saturated rings. The third kappa shape index (κ3) is 2.69. The van der Waals surface area contributed by atoms with Gasteiger partial charge in [0.05, 0.1) is 3.79 Å². The van der Waals surface area contributed by atoms with Crippen LogP contribution in [0, 0.1) is 0 Å². The van der Waals surface area contributed by atoms with Gasteiger partial charge in [-0.3, -0.25) is 4.90 Å². The number of ether oxygens (including phenoxy) is 1. The van der Waals surface area contributed by atoms with Gasteiger partial charge in [-0.2, -0.15) is 8.78 Å². The average molecular weight is 380 g/mol. The van der Waals surface area contributed by atoms with E-state index in [0.29, 0.717) is 0 Å². The van der Waals surface area contributed by atoms with Gasteiger partial charge in [0.2, 0.25) is 0 Å². The molecule has 0 atom stereocenters. The molecule has 0 aromatic carbocycles. The van der Waals surface area contributed by atoms with Crippen molar-refractivity contribution in [2.45, 2.75) is 50.7 Å². The van der Waals surface area contributed by atoms with E-state index in [1.54, 1.807) is 6.07 Å². The van der Waals surface area contributed by atoms with Crippen molar-refractivity contribution < 1.29 is 13.5 Å². The molecule has 3 heterocycles. The molecule has 0 amide bonds. The summed E-state index contributed by atoms with van der Waals surface area (Å²) in [5, 5.41) is 0. The van der Waals surface area contributed by atoms with Gasteiger partial charge >= 0.3 is 0 Å². The molecule has 2 aliphatic heterocycles. The summed E-state index contributed by atoms with van der Waals surface area (Å²) in [6.07, 6.45) is 1.56. The van der Waals surface area contributed by atoms with Crippen molar-refractivity contribution in [3.8, 4) is 0 Å². The highest BCUT2D eigenvalue weighted by molar-refractivity contribution is 9.11. The summed E-state index contributed by atoms with van der Waals surface area (Å²) in [5.41, 5.74) is -0.246. The molecule has 21 heavy (non-hydrogen) atoms. The highest BCUT2D eigenvalue weighted by Crippen LogP contribution is 2.52. The SMILES string of the molecule is CC(C)(C)N1CCC2(CC1)OCC(F)(F)c1cc(Br)sc12. The second kappa shape index (κ2) is 4.98. The minimum Gasteiger partial charge on any atom is -0.363 e. The molecule has 2 nitrogen and oxygen atoms in total. The number of piperidine rings is 1. The molecule has 2 aliphatic rings. The number of fused-ring (bicyclic) bond motifs is 2. The van der Waals surface area contributed by atoms with Crippen LogP contribution in [-0.2, 0) is 16.3 Å². The van der Waals surface area contributed by atoms with Crippen molar-refractivity contribution in [2.24, 2.45) is 0 Å². The summed E-state index contributed by atoms with van der Waals surface area (Å²) in [7, 11) is 0. The maximum atomic E-state index is 14.1. The minimum atomic E-state index is -2.87. The van der Waals surface area contributed by atoms with Crippen LogP contribution in [0.1, 0.15) is 44.1 Å². The van der Waals surface area contributed by atoms with Crippen LogP contribution in [-0.4, -0.2) is 30.1 Å². The maximum Gasteiger partial charge on any atom is 0.297 e. The molecule has 1 aromatic rings. The fourth-order valence-corrected chi connectivity index (χ4v) is 5.11. The lowest BCUT2D eigenvalue weighted by Crippen LogP contribution is -2.53. The molecular weight excluding hydrogens is 360 g/mol. The number of hydrogen-bond acceptors (Lipinski definition) is 3. The summed E-state index contributed by atoms with van der Waals surface area (Å²) in [6, 6.07) is 1.57. The number of rotatable bonds is 0. The highest BCUT2D eigenvalue weighted by Gasteiger charge is 2.52. The van der Waals surface area contributed by atoms with Crippen LogP contribution in [0.5, 0.6) is 0 Å². The zero-order valence-electron chi connectivity index (χ0n) is 12.5. The van der Waals surface area contributed by atoms with E-state index < -0.39 is 18.1 Å². The summed E-state index contributed by atoms with van der Waals surface area (Å²) < 4.78 is 34.6. The lowest BCUT2D eigenvalue weighted by molar-refractivity contribution is -0.184. The Morgan fingerprint density at radius 3 is 2.48 bits per heavy atom. The molecule has 0 saturated carbocycles. The molecular formula is C15H20BrF2NOS. The van der Waals surface area contributed by atoms with Gasteiger partial charge in [-0.05, 0) is 55.6 Å². The first-order valence-corrected chi connectivity index (χ1v) is 8.82. The predicted molar refractivity (Wildman–Crippen MR) is 84.1 cm³/mol. The van der Waals surface area contributed by atoms with Gasteiger partial charge in [0.15, 0.2) is 0 Å².